The van der Waals surface area contributed by atoms with Crippen LogP contribution in [0.2, 0.25) is 0 Å². The summed E-state index contributed by atoms with van der Waals surface area (Å²) in [5.41, 5.74) is 2.15. The van der Waals surface area contributed by atoms with Crippen LogP contribution in [0.1, 0.15) is 12.0 Å². The molecule has 5 rings (SSSR count). The average molecular weight is 445 g/mol. The number of carbonyl (C=O) groups excluding carboxylic acids is 1. The molecule has 1 aliphatic heterocycles. The summed E-state index contributed by atoms with van der Waals surface area (Å²) < 4.78 is 1.40. The number of fused-ring (bicyclic) bond motifs is 1. The van der Waals surface area contributed by atoms with Crippen LogP contribution in [-0.4, -0.2) is 39.5 Å². The third kappa shape index (κ3) is 4.49. The molecule has 2 aromatic heterocycles. The maximum Gasteiger partial charge on any atom is 0.262 e. The summed E-state index contributed by atoms with van der Waals surface area (Å²) in [5.74, 6) is -0.154. The number of benzene rings is 2. The maximum absolute atomic E-state index is 12.9. The lowest BCUT2D eigenvalue weighted by Crippen LogP contribution is -2.40. The second kappa shape index (κ2) is 9.06. The average Bonchev–Trinajstić information content (AvgIpc) is 3.44. The molecule has 1 atom stereocenters. The molecule has 1 aliphatic rings. The fourth-order valence-corrected chi connectivity index (χ4v) is 5.18. The van der Waals surface area contributed by atoms with Crippen molar-refractivity contribution in [2.45, 2.75) is 25.6 Å². The highest BCUT2D eigenvalue weighted by Crippen LogP contribution is 2.30. The van der Waals surface area contributed by atoms with Gasteiger partial charge in [-0.15, -0.1) is 11.3 Å². The van der Waals surface area contributed by atoms with E-state index in [0.29, 0.717) is 10.2 Å². The highest BCUT2D eigenvalue weighted by atomic mass is 32.1. The lowest BCUT2D eigenvalue weighted by molar-refractivity contribution is -0.122. The summed E-state index contributed by atoms with van der Waals surface area (Å²) in [5, 5.41) is 3.64. The number of aromatic nitrogens is 2. The van der Waals surface area contributed by atoms with Gasteiger partial charge in [-0.2, -0.15) is 0 Å². The molecule has 1 amide bonds. The summed E-state index contributed by atoms with van der Waals surface area (Å²) in [6.45, 7) is 2.63. The van der Waals surface area contributed by atoms with Crippen molar-refractivity contribution in [3.8, 4) is 10.4 Å². The first-order valence-corrected chi connectivity index (χ1v) is 11.6. The van der Waals surface area contributed by atoms with Gasteiger partial charge in [0.25, 0.3) is 5.56 Å². The van der Waals surface area contributed by atoms with Gasteiger partial charge < -0.3 is 5.32 Å². The number of rotatable bonds is 6. The molecule has 4 aromatic rings. The predicted molar refractivity (Wildman–Crippen MR) is 128 cm³/mol. The molecule has 3 heterocycles. The van der Waals surface area contributed by atoms with Gasteiger partial charge in [0.2, 0.25) is 5.91 Å². The van der Waals surface area contributed by atoms with Gasteiger partial charge >= 0.3 is 0 Å². The molecule has 1 fully saturated rings. The standard InChI is InChI=1S/C25H24N4O2S/c30-23(27-20-11-12-28(15-20)14-18-7-3-1-4-8-18)16-29-17-26-24-21(25(29)31)13-22(32-24)19-9-5-2-6-10-19/h1-10,13,17,20H,11-12,14-16H2,(H,27,30)/t20-/m1/s1. The predicted octanol–water partition coefficient (Wildman–Crippen LogP) is 3.52. The number of hydrogen-bond acceptors (Lipinski definition) is 5. The minimum absolute atomic E-state index is 0.0204. The molecule has 0 radical (unpaired) electrons. The molecule has 7 heteroatoms. The van der Waals surface area contributed by atoms with E-state index in [1.54, 1.807) is 0 Å². The van der Waals surface area contributed by atoms with Crippen molar-refractivity contribution in [2.24, 2.45) is 0 Å². The zero-order valence-corrected chi connectivity index (χ0v) is 18.4. The van der Waals surface area contributed by atoms with Crippen molar-refractivity contribution in [2.75, 3.05) is 13.1 Å². The number of carbonyl (C=O) groups is 1. The van der Waals surface area contributed by atoms with Gasteiger partial charge in [0.05, 0.1) is 11.7 Å². The first-order valence-electron chi connectivity index (χ1n) is 10.8. The van der Waals surface area contributed by atoms with Gasteiger partial charge in [-0.05, 0) is 23.6 Å². The van der Waals surface area contributed by atoms with Crippen LogP contribution in [0, 0.1) is 0 Å². The van der Waals surface area contributed by atoms with Gasteiger partial charge in [0.1, 0.15) is 11.4 Å². The van der Waals surface area contributed by atoms with E-state index < -0.39 is 0 Å². The number of likely N-dealkylation sites (tertiary alicyclic amines) is 1. The Bertz CT molecular complexity index is 1280. The first-order chi connectivity index (χ1) is 15.7. The topological polar surface area (TPSA) is 67.2 Å². The van der Waals surface area contributed by atoms with Crippen molar-refractivity contribution in [1.82, 2.24) is 19.8 Å². The number of thiophene rings is 1. The van der Waals surface area contributed by atoms with E-state index in [-0.39, 0.29) is 24.1 Å². The normalized spacial score (nSPS) is 16.4. The quantitative estimate of drug-likeness (QED) is 0.494. The number of hydrogen-bond donors (Lipinski definition) is 1. The zero-order chi connectivity index (χ0) is 21.9. The molecule has 0 saturated carbocycles. The Kier molecular flexibility index (Phi) is 5.83. The number of nitrogens with zero attached hydrogens (tertiary/aromatic N) is 3. The number of amides is 1. The van der Waals surface area contributed by atoms with Crippen LogP contribution in [0.15, 0.2) is 77.9 Å². The molecular formula is C25H24N4O2S. The Morgan fingerprint density at radius 1 is 1.09 bits per heavy atom. The third-order valence-electron chi connectivity index (χ3n) is 5.78. The first kappa shape index (κ1) is 20.6. The van der Waals surface area contributed by atoms with E-state index in [2.05, 4.69) is 27.3 Å². The lowest BCUT2D eigenvalue weighted by atomic mass is 10.2. The Morgan fingerprint density at radius 3 is 2.62 bits per heavy atom. The molecule has 1 N–H and O–H groups in total. The van der Waals surface area contributed by atoms with Crippen LogP contribution in [0.4, 0.5) is 0 Å². The molecule has 1 saturated heterocycles. The highest BCUT2D eigenvalue weighted by Gasteiger charge is 2.24. The Hall–Kier alpha value is -3.29. The fraction of sp³-hybridized carbons (Fsp3) is 0.240. The zero-order valence-electron chi connectivity index (χ0n) is 17.6. The van der Waals surface area contributed by atoms with E-state index >= 15 is 0 Å². The van der Waals surface area contributed by atoms with E-state index in [9.17, 15) is 9.59 Å². The van der Waals surface area contributed by atoms with Crippen molar-refractivity contribution < 1.29 is 4.79 Å². The molecule has 2 aromatic carbocycles. The monoisotopic (exact) mass is 444 g/mol. The van der Waals surface area contributed by atoms with Gasteiger partial charge in [-0.3, -0.25) is 19.1 Å². The largest absolute Gasteiger partial charge is 0.350 e. The third-order valence-corrected chi connectivity index (χ3v) is 6.87. The summed E-state index contributed by atoms with van der Waals surface area (Å²) in [7, 11) is 0. The van der Waals surface area contributed by atoms with Crippen molar-refractivity contribution in [1.29, 1.82) is 0 Å². The van der Waals surface area contributed by atoms with Gasteiger partial charge in [0.15, 0.2) is 0 Å². The summed E-state index contributed by atoms with van der Waals surface area (Å²) >= 11 is 1.49. The van der Waals surface area contributed by atoms with Crippen LogP contribution in [-0.2, 0) is 17.9 Å². The minimum atomic E-state index is -0.180. The van der Waals surface area contributed by atoms with Crippen LogP contribution in [0.5, 0.6) is 0 Å². The molecule has 162 valence electrons. The Balaban J connectivity index is 1.23. The second-order valence-electron chi connectivity index (χ2n) is 8.15. The smallest absolute Gasteiger partial charge is 0.262 e. The maximum atomic E-state index is 12.9. The molecule has 0 unspecified atom stereocenters. The van der Waals surface area contributed by atoms with Crippen LogP contribution in [0.25, 0.3) is 20.7 Å². The highest BCUT2D eigenvalue weighted by molar-refractivity contribution is 7.21. The van der Waals surface area contributed by atoms with Crippen LogP contribution < -0.4 is 10.9 Å². The molecule has 0 bridgehead atoms. The van der Waals surface area contributed by atoms with Crippen LogP contribution >= 0.6 is 11.3 Å². The van der Waals surface area contributed by atoms with E-state index in [1.807, 2.05) is 54.6 Å². The summed E-state index contributed by atoms with van der Waals surface area (Å²) in [6, 6.07) is 22.3. The molecule has 0 spiro atoms. The SMILES string of the molecule is O=C(Cn1cnc2sc(-c3ccccc3)cc2c1=O)N[C@@H]1CCN(Cc2ccccc2)C1. The molecule has 32 heavy (non-hydrogen) atoms. The van der Waals surface area contributed by atoms with Crippen LogP contribution in [0.3, 0.4) is 0 Å². The lowest BCUT2D eigenvalue weighted by Gasteiger charge is -2.17. The van der Waals surface area contributed by atoms with E-state index in [1.165, 1.54) is 27.8 Å². The molecule has 6 nitrogen and oxygen atoms in total. The van der Waals surface area contributed by atoms with Crippen molar-refractivity contribution >= 4 is 27.5 Å². The molecule has 0 aliphatic carbocycles. The fourth-order valence-electron chi connectivity index (χ4n) is 4.18. The van der Waals surface area contributed by atoms with Gasteiger partial charge in [0, 0.05) is 30.6 Å². The number of nitrogens with one attached hydrogen (secondary N) is 1. The summed E-state index contributed by atoms with van der Waals surface area (Å²) in [4.78, 5) is 34.0. The Labute approximate surface area is 190 Å². The summed E-state index contributed by atoms with van der Waals surface area (Å²) in [6.07, 6.45) is 2.39. The minimum Gasteiger partial charge on any atom is -0.350 e. The van der Waals surface area contributed by atoms with Gasteiger partial charge in [-0.1, -0.05) is 60.7 Å². The van der Waals surface area contributed by atoms with Crippen molar-refractivity contribution in [3.63, 3.8) is 0 Å². The van der Waals surface area contributed by atoms with Crippen molar-refractivity contribution in [3.05, 3.63) is 89.0 Å². The second-order valence-corrected chi connectivity index (χ2v) is 9.18. The van der Waals surface area contributed by atoms with Gasteiger partial charge in [-0.25, -0.2) is 4.98 Å². The van der Waals surface area contributed by atoms with E-state index in [4.69, 9.17) is 0 Å². The Morgan fingerprint density at radius 2 is 1.84 bits per heavy atom. The molecular weight excluding hydrogens is 420 g/mol. The van der Waals surface area contributed by atoms with E-state index in [0.717, 1.165) is 36.5 Å².